The number of nitrogen functional groups attached to an aromatic ring is 1. The summed E-state index contributed by atoms with van der Waals surface area (Å²) in [5, 5.41) is 0. The Morgan fingerprint density at radius 3 is 2.23 bits per heavy atom. The van der Waals surface area contributed by atoms with Crippen molar-refractivity contribution in [3.63, 3.8) is 0 Å². The molecule has 13 heteroatoms. The summed E-state index contributed by atoms with van der Waals surface area (Å²) < 4.78 is 49.3. The first-order valence-corrected chi connectivity index (χ1v) is 14.0. The number of hydrogen-bond acceptors (Lipinski definition) is 11. The van der Waals surface area contributed by atoms with E-state index in [-0.39, 0.29) is 30.2 Å². The highest BCUT2D eigenvalue weighted by atomic mass is 32.2. The van der Waals surface area contributed by atoms with Crippen LogP contribution in [0.4, 0.5) is 11.6 Å². The zero-order valence-electron chi connectivity index (χ0n) is 23.1. The molecule has 1 aliphatic heterocycles. The Bertz CT molecular complexity index is 1510. The number of carbonyl (C=O) groups excluding carboxylic acids is 1. The Morgan fingerprint density at radius 1 is 0.925 bits per heavy atom. The molecular formula is C27H33N5O7S. The monoisotopic (exact) mass is 571 g/mol. The average Bonchev–Trinajstić information content (AvgIpc) is 2.96. The van der Waals surface area contributed by atoms with E-state index in [2.05, 4.69) is 4.98 Å². The molecule has 2 heterocycles. The van der Waals surface area contributed by atoms with Crippen LogP contribution in [0.2, 0.25) is 0 Å². The van der Waals surface area contributed by atoms with Crippen LogP contribution < -0.4 is 24.8 Å². The molecule has 0 atom stereocenters. The van der Waals surface area contributed by atoms with Crippen molar-refractivity contribution in [3.05, 3.63) is 47.7 Å². The lowest BCUT2D eigenvalue weighted by Crippen LogP contribution is -2.49. The SMILES string of the molecule is CCOC(=O)c1c(C)nc(N2CCN(S(=O)(=O)c3ccc(N)c(OC)c3)CC2)nc1-c1ccc(OC)c(OC)c1. The predicted molar refractivity (Wildman–Crippen MR) is 150 cm³/mol. The van der Waals surface area contributed by atoms with Crippen LogP contribution in [0.25, 0.3) is 11.3 Å². The molecule has 1 fully saturated rings. The molecule has 1 aliphatic rings. The van der Waals surface area contributed by atoms with Gasteiger partial charge in [-0.3, -0.25) is 0 Å². The van der Waals surface area contributed by atoms with E-state index < -0.39 is 16.0 Å². The van der Waals surface area contributed by atoms with Crippen molar-refractivity contribution >= 4 is 27.6 Å². The highest BCUT2D eigenvalue weighted by molar-refractivity contribution is 7.89. The number of esters is 1. The molecule has 0 aliphatic carbocycles. The molecule has 0 radical (unpaired) electrons. The van der Waals surface area contributed by atoms with Crippen LogP contribution >= 0.6 is 0 Å². The van der Waals surface area contributed by atoms with Gasteiger partial charge < -0.3 is 29.6 Å². The van der Waals surface area contributed by atoms with Gasteiger partial charge in [-0.25, -0.2) is 23.2 Å². The van der Waals surface area contributed by atoms with Crippen LogP contribution in [-0.2, 0) is 14.8 Å². The van der Waals surface area contributed by atoms with Gasteiger partial charge in [0, 0.05) is 37.8 Å². The van der Waals surface area contributed by atoms with Gasteiger partial charge in [-0.15, -0.1) is 0 Å². The van der Waals surface area contributed by atoms with Gasteiger partial charge >= 0.3 is 5.97 Å². The fourth-order valence-corrected chi connectivity index (χ4v) is 5.91. The number of carbonyl (C=O) groups is 1. The number of nitrogens with zero attached hydrogens (tertiary/aromatic N) is 4. The lowest BCUT2D eigenvalue weighted by molar-refractivity contribution is 0.0525. The molecule has 2 aromatic carbocycles. The van der Waals surface area contributed by atoms with Crippen molar-refractivity contribution < 1.29 is 32.2 Å². The van der Waals surface area contributed by atoms with Crippen molar-refractivity contribution in [2.24, 2.45) is 0 Å². The first-order valence-electron chi connectivity index (χ1n) is 12.6. The quantitative estimate of drug-likeness (QED) is 0.299. The van der Waals surface area contributed by atoms with Crippen LogP contribution in [0.3, 0.4) is 0 Å². The minimum atomic E-state index is -3.77. The van der Waals surface area contributed by atoms with Gasteiger partial charge in [-0.05, 0) is 44.2 Å². The predicted octanol–water partition coefficient (Wildman–Crippen LogP) is 2.75. The summed E-state index contributed by atoms with van der Waals surface area (Å²) >= 11 is 0. The Kier molecular flexibility index (Phi) is 8.64. The lowest BCUT2D eigenvalue weighted by Gasteiger charge is -2.34. The number of aromatic nitrogens is 2. The third-order valence-corrected chi connectivity index (χ3v) is 8.47. The van der Waals surface area contributed by atoms with Gasteiger partial charge in [0.15, 0.2) is 11.5 Å². The maximum atomic E-state index is 13.3. The number of ether oxygens (including phenoxy) is 4. The number of aryl methyl sites for hydroxylation is 1. The van der Waals surface area contributed by atoms with E-state index in [1.54, 1.807) is 32.0 Å². The van der Waals surface area contributed by atoms with Crippen molar-refractivity contribution in [2.75, 3.05) is 64.7 Å². The normalized spacial score (nSPS) is 14.1. The van der Waals surface area contributed by atoms with Gasteiger partial charge in [0.1, 0.15) is 11.3 Å². The summed E-state index contributed by atoms with van der Waals surface area (Å²) in [5.41, 5.74) is 7.89. The number of benzene rings is 2. The molecule has 1 saturated heterocycles. The molecule has 0 amide bonds. The number of hydrogen-bond donors (Lipinski definition) is 1. The smallest absolute Gasteiger partial charge is 0.342 e. The third kappa shape index (κ3) is 5.61. The molecule has 2 N–H and O–H groups in total. The zero-order valence-corrected chi connectivity index (χ0v) is 23.9. The highest BCUT2D eigenvalue weighted by Crippen LogP contribution is 2.35. The van der Waals surface area contributed by atoms with E-state index in [4.69, 9.17) is 29.7 Å². The van der Waals surface area contributed by atoms with Crippen LogP contribution in [-0.4, -0.2) is 82.8 Å². The maximum Gasteiger partial charge on any atom is 0.342 e. The number of anilines is 2. The van der Waals surface area contributed by atoms with Crippen molar-refractivity contribution in [1.29, 1.82) is 0 Å². The van der Waals surface area contributed by atoms with Crippen LogP contribution in [0.1, 0.15) is 23.0 Å². The topological polar surface area (TPSA) is 146 Å². The molecule has 3 aromatic rings. The van der Waals surface area contributed by atoms with Crippen molar-refractivity contribution in [2.45, 2.75) is 18.7 Å². The zero-order chi connectivity index (χ0) is 29.0. The Morgan fingerprint density at radius 2 is 1.60 bits per heavy atom. The molecular weight excluding hydrogens is 538 g/mol. The fourth-order valence-electron chi connectivity index (χ4n) is 4.47. The summed E-state index contributed by atoms with van der Waals surface area (Å²) in [6.07, 6.45) is 0. The largest absolute Gasteiger partial charge is 0.495 e. The maximum absolute atomic E-state index is 13.3. The van der Waals surface area contributed by atoms with Crippen molar-refractivity contribution in [1.82, 2.24) is 14.3 Å². The number of piperazine rings is 1. The van der Waals surface area contributed by atoms with Crippen LogP contribution in [0.5, 0.6) is 17.2 Å². The fraction of sp³-hybridized carbons (Fsp3) is 0.370. The van der Waals surface area contributed by atoms with E-state index in [0.29, 0.717) is 58.9 Å². The summed E-state index contributed by atoms with van der Waals surface area (Å²) in [6.45, 7) is 4.75. The van der Waals surface area contributed by atoms with Gasteiger partial charge in [0.25, 0.3) is 0 Å². The standard InChI is InChI=1S/C27H33N5O7S/c1-6-39-26(33)24-17(2)29-27(30-25(24)18-7-10-21(36-3)23(15-18)38-5)31-11-13-32(14-12-31)40(34,35)19-8-9-20(28)22(16-19)37-4/h7-10,15-16H,6,11-14,28H2,1-5H3. The molecule has 0 unspecified atom stereocenters. The summed E-state index contributed by atoms with van der Waals surface area (Å²) in [4.78, 5) is 24.3. The van der Waals surface area contributed by atoms with Crippen molar-refractivity contribution in [3.8, 4) is 28.5 Å². The van der Waals surface area contributed by atoms with Crippen LogP contribution in [0, 0.1) is 6.92 Å². The highest BCUT2D eigenvalue weighted by Gasteiger charge is 2.31. The van der Waals surface area contributed by atoms with Gasteiger partial charge in [-0.1, -0.05) is 0 Å². The summed E-state index contributed by atoms with van der Waals surface area (Å²) in [5.74, 6) is 1.15. The van der Waals surface area contributed by atoms with Gasteiger partial charge in [0.05, 0.1) is 49.9 Å². The van der Waals surface area contributed by atoms with E-state index >= 15 is 0 Å². The number of nitrogens with two attached hydrogens (primary N) is 1. The summed E-state index contributed by atoms with van der Waals surface area (Å²) in [6, 6.07) is 9.65. The molecule has 12 nitrogen and oxygen atoms in total. The molecule has 40 heavy (non-hydrogen) atoms. The number of methoxy groups -OCH3 is 3. The number of rotatable bonds is 9. The molecule has 4 rings (SSSR count). The lowest BCUT2D eigenvalue weighted by atomic mass is 10.0. The second-order valence-electron chi connectivity index (χ2n) is 8.92. The first kappa shape index (κ1) is 28.9. The van der Waals surface area contributed by atoms with Crippen LogP contribution in [0.15, 0.2) is 41.3 Å². The average molecular weight is 572 g/mol. The van der Waals surface area contributed by atoms with E-state index in [1.807, 2.05) is 4.90 Å². The molecule has 0 spiro atoms. The second-order valence-corrected chi connectivity index (χ2v) is 10.9. The van der Waals surface area contributed by atoms with Gasteiger partial charge in [-0.2, -0.15) is 4.31 Å². The number of sulfonamides is 1. The van der Waals surface area contributed by atoms with E-state index in [1.165, 1.54) is 43.8 Å². The van der Waals surface area contributed by atoms with E-state index in [0.717, 1.165) is 0 Å². The molecule has 0 bridgehead atoms. The molecule has 0 saturated carbocycles. The second kappa shape index (κ2) is 12.0. The first-order chi connectivity index (χ1) is 19.1. The Hall–Kier alpha value is -4.10. The summed E-state index contributed by atoms with van der Waals surface area (Å²) in [7, 11) is 0.731. The molecule has 1 aromatic heterocycles. The van der Waals surface area contributed by atoms with Gasteiger partial charge in [0.2, 0.25) is 16.0 Å². The third-order valence-electron chi connectivity index (χ3n) is 6.58. The minimum Gasteiger partial charge on any atom is -0.495 e. The van der Waals surface area contributed by atoms with E-state index in [9.17, 15) is 13.2 Å². The Balaban J connectivity index is 1.65. The minimum absolute atomic E-state index is 0.105. The molecule has 214 valence electrons. The Labute approximate surface area is 233 Å².